The van der Waals surface area contributed by atoms with E-state index < -0.39 is 0 Å². The Kier molecular flexibility index (Phi) is 2.55. The summed E-state index contributed by atoms with van der Waals surface area (Å²) in [6, 6.07) is 7.70. The van der Waals surface area contributed by atoms with Crippen molar-refractivity contribution in [1.82, 2.24) is 14.5 Å². The predicted molar refractivity (Wildman–Crippen MR) is 79.8 cm³/mol. The molecule has 0 saturated heterocycles. The minimum atomic E-state index is 0.374. The fourth-order valence-corrected chi connectivity index (χ4v) is 2.89. The number of anilines is 1. The SMILES string of the molecule is Cc1nsc(N)c1-c1nc(-c2coc3ccccc23)no1. The molecule has 3 heterocycles. The van der Waals surface area contributed by atoms with Crippen molar-refractivity contribution in [3.05, 3.63) is 36.2 Å². The third-order valence-electron chi connectivity index (χ3n) is 3.25. The molecule has 2 N–H and O–H groups in total. The zero-order chi connectivity index (χ0) is 14.4. The average molecular weight is 298 g/mol. The number of fused-ring (bicyclic) bond motifs is 1. The monoisotopic (exact) mass is 298 g/mol. The van der Waals surface area contributed by atoms with E-state index >= 15 is 0 Å². The molecule has 7 heteroatoms. The summed E-state index contributed by atoms with van der Waals surface area (Å²) >= 11 is 1.22. The lowest BCUT2D eigenvalue weighted by Gasteiger charge is -1.91. The smallest absolute Gasteiger partial charge is 0.263 e. The second kappa shape index (κ2) is 4.42. The topological polar surface area (TPSA) is 91.0 Å². The van der Waals surface area contributed by atoms with Gasteiger partial charge in [0.25, 0.3) is 5.89 Å². The molecule has 0 amide bonds. The molecule has 0 atom stereocenters. The molecule has 0 unspecified atom stereocenters. The molecule has 6 nitrogen and oxygen atoms in total. The molecule has 4 aromatic rings. The second-order valence-electron chi connectivity index (χ2n) is 4.58. The van der Waals surface area contributed by atoms with Crippen LogP contribution >= 0.6 is 11.5 Å². The summed E-state index contributed by atoms with van der Waals surface area (Å²) in [4.78, 5) is 4.42. The molecule has 21 heavy (non-hydrogen) atoms. The Balaban J connectivity index is 1.85. The van der Waals surface area contributed by atoms with E-state index in [1.807, 2.05) is 31.2 Å². The van der Waals surface area contributed by atoms with Crippen molar-refractivity contribution in [2.45, 2.75) is 6.92 Å². The second-order valence-corrected chi connectivity index (χ2v) is 5.38. The van der Waals surface area contributed by atoms with Gasteiger partial charge in [-0.1, -0.05) is 23.4 Å². The van der Waals surface area contributed by atoms with Gasteiger partial charge < -0.3 is 14.7 Å². The molecule has 0 bridgehead atoms. The molecule has 3 aromatic heterocycles. The molecule has 104 valence electrons. The standard InChI is InChI=1S/C14H10N4O2S/c1-7-11(12(15)21-18-7)14-16-13(17-20-14)9-6-19-10-5-3-2-4-8(9)10/h2-6H,15H2,1H3. The van der Waals surface area contributed by atoms with E-state index in [1.54, 1.807) is 6.26 Å². The molecule has 0 radical (unpaired) electrons. The van der Waals surface area contributed by atoms with Crippen molar-refractivity contribution in [3.63, 3.8) is 0 Å². The number of aryl methyl sites for hydroxylation is 1. The van der Waals surface area contributed by atoms with Crippen molar-refractivity contribution >= 4 is 27.5 Å². The van der Waals surface area contributed by atoms with Gasteiger partial charge in [-0.2, -0.15) is 9.36 Å². The zero-order valence-corrected chi connectivity index (χ0v) is 11.8. The van der Waals surface area contributed by atoms with Crippen molar-refractivity contribution in [3.8, 4) is 22.8 Å². The van der Waals surface area contributed by atoms with Gasteiger partial charge in [0.15, 0.2) is 0 Å². The van der Waals surface area contributed by atoms with Gasteiger partial charge >= 0.3 is 0 Å². The summed E-state index contributed by atoms with van der Waals surface area (Å²) in [6.07, 6.45) is 1.63. The summed E-state index contributed by atoms with van der Waals surface area (Å²) in [7, 11) is 0. The van der Waals surface area contributed by atoms with E-state index in [9.17, 15) is 0 Å². The van der Waals surface area contributed by atoms with Crippen LogP contribution in [0.5, 0.6) is 0 Å². The number of nitrogens with zero attached hydrogens (tertiary/aromatic N) is 3. The summed E-state index contributed by atoms with van der Waals surface area (Å²) < 4.78 is 15.0. The maximum Gasteiger partial charge on any atom is 0.263 e. The number of nitrogens with two attached hydrogens (primary N) is 1. The molecule has 0 aliphatic heterocycles. The quantitative estimate of drug-likeness (QED) is 0.609. The number of aromatic nitrogens is 3. The highest BCUT2D eigenvalue weighted by Crippen LogP contribution is 2.34. The van der Waals surface area contributed by atoms with Gasteiger partial charge in [0.05, 0.1) is 16.8 Å². The van der Waals surface area contributed by atoms with E-state index in [2.05, 4.69) is 14.5 Å². The number of hydrogen-bond acceptors (Lipinski definition) is 7. The molecule has 0 spiro atoms. The predicted octanol–water partition coefficient (Wildman–Crippen LogP) is 3.50. The number of nitrogen functional groups attached to an aromatic ring is 1. The van der Waals surface area contributed by atoms with Gasteiger partial charge in [0.1, 0.15) is 16.8 Å². The molecular weight excluding hydrogens is 288 g/mol. The highest BCUT2D eigenvalue weighted by Gasteiger charge is 2.19. The summed E-state index contributed by atoms with van der Waals surface area (Å²) in [5.74, 6) is 0.846. The average Bonchev–Trinajstić information content (AvgIpc) is 3.17. The van der Waals surface area contributed by atoms with E-state index in [0.717, 1.165) is 22.2 Å². The van der Waals surface area contributed by atoms with E-state index in [1.165, 1.54) is 11.5 Å². The van der Waals surface area contributed by atoms with Crippen LogP contribution in [-0.4, -0.2) is 14.5 Å². The van der Waals surface area contributed by atoms with Gasteiger partial charge in [-0.3, -0.25) is 0 Å². The molecule has 0 aliphatic carbocycles. The molecule has 0 fully saturated rings. The van der Waals surface area contributed by atoms with Crippen LogP contribution in [0.1, 0.15) is 5.69 Å². The maximum absolute atomic E-state index is 5.90. The normalized spacial score (nSPS) is 11.3. The molecule has 0 aliphatic rings. The van der Waals surface area contributed by atoms with Gasteiger partial charge in [-0.05, 0) is 24.5 Å². The number of benzene rings is 1. The van der Waals surface area contributed by atoms with Crippen LogP contribution in [-0.2, 0) is 0 Å². The maximum atomic E-state index is 5.90. The molecule has 1 aromatic carbocycles. The molecule has 4 rings (SSSR count). The lowest BCUT2D eigenvalue weighted by molar-refractivity contribution is 0.432. The fourth-order valence-electron chi connectivity index (χ4n) is 2.23. The van der Waals surface area contributed by atoms with Crippen LogP contribution in [0.4, 0.5) is 5.00 Å². The van der Waals surface area contributed by atoms with Crippen LogP contribution in [0.2, 0.25) is 0 Å². The Bertz CT molecular complexity index is 918. The minimum absolute atomic E-state index is 0.374. The Morgan fingerprint density at radius 1 is 1.24 bits per heavy atom. The minimum Gasteiger partial charge on any atom is -0.464 e. The van der Waals surface area contributed by atoms with Crippen molar-refractivity contribution in [2.75, 3.05) is 5.73 Å². The van der Waals surface area contributed by atoms with E-state index in [0.29, 0.717) is 22.3 Å². The van der Waals surface area contributed by atoms with Gasteiger partial charge in [0.2, 0.25) is 5.82 Å². The molecular formula is C14H10N4O2S. The first kappa shape index (κ1) is 12.1. The number of hydrogen-bond donors (Lipinski definition) is 1. The van der Waals surface area contributed by atoms with Crippen LogP contribution in [0, 0.1) is 6.92 Å². The van der Waals surface area contributed by atoms with Gasteiger partial charge in [-0.15, -0.1) is 0 Å². The van der Waals surface area contributed by atoms with Gasteiger partial charge in [-0.25, -0.2) is 0 Å². The number of rotatable bonds is 2. The van der Waals surface area contributed by atoms with Crippen molar-refractivity contribution < 1.29 is 8.94 Å². The largest absolute Gasteiger partial charge is 0.464 e. The Morgan fingerprint density at radius 2 is 2.10 bits per heavy atom. The summed E-state index contributed by atoms with van der Waals surface area (Å²) in [5, 5.41) is 5.53. The number of para-hydroxylation sites is 1. The highest BCUT2D eigenvalue weighted by atomic mass is 32.1. The lowest BCUT2D eigenvalue weighted by atomic mass is 10.2. The summed E-state index contributed by atoms with van der Waals surface area (Å²) in [6.45, 7) is 1.86. The van der Waals surface area contributed by atoms with E-state index in [-0.39, 0.29) is 0 Å². The zero-order valence-electron chi connectivity index (χ0n) is 11.0. The van der Waals surface area contributed by atoms with E-state index in [4.69, 9.17) is 14.7 Å². The van der Waals surface area contributed by atoms with Crippen LogP contribution in [0.25, 0.3) is 33.8 Å². The first-order valence-electron chi connectivity index (χ1n) is 6.26. The van der Waals surface area contributed by atoms with Crippen LogP contribution < -0.4 is 5.73 Å². The first-order valence-corrected chi connectivity index (χ1v) is 7.04. The lowest BCUT2D eigenvalue weighted by Crippen LogP contribution is -1.86. The Hall–Kier alpha value is -2.67. The summed E-state index contributed by atoms with van der Waals surface area (Å²) in [5.41, 5.74) is 8.96. The van der Waals surface area contributed by atoms with Crippen LogP contribution in [0.3, 0.4) is 0 Å². The Labute approximate surface area is 123 Å². The van der Waals surface area contributed by atoms with Crippen molar-refractivity contribution in [2.24, 2.45) is 0 Å². The van der Waals surface area contributed by atoms with Crippen molar-refractivity contribution in [1.29, 1.82) is 0 Å². The molecule has 0 saturated carbocycles. The third-order valence-corrected chi connectivity index (χ3v) is 4.02. The Morgan fingerprint density at radius 3 is 2.90 bits per heavy atom. The third kappa shape index (κ3) is 1.82. The number of furan rings is 1. The van der Waals surface area contributed by atoms with Gasteiger partial charge in [0, 0.05) is 5.39 Å². The van der Waals surface area contributed by atoms with Crippen LogP contribution in [0.15, 0.2) is 39.5 Å². The highest BCUT2D eigenvalue weighted by molar-refractivity contribution is 7.10. The fraction of sp³-hybridized carbons (Fsp3) is 0.0714. The first-order chi connectivity index (χ1) is 10.2.